The zero-order chi connectivity index (χ0) is 17.4. The van der Waals surface area contributed by atoms with Crippen molar-refractivity contribution < 1.29 is 19.1 Å². The Labute approximate surface area is 137 Å². The smallest absolute Gasteiger partial charge is 0.323 e. The molecule has 0 aromatic heterocycles. The van der Waals surface area contributed by atoms with E-state index in [1.165, 1.54) is 11.1 Å². The third-order valence-electron chi connectivity index (χ3n) is 3.31. The van der Waals surface area contributed by atoms with Gasteiger partial charge in [-0.05, 0) is 36.5 Å². The van der Waals surface area contributed by atoms with Gasteiger partial charge in [-0.1, -0.05) is 32.0 Å². The molecule has 0 saturated heterocycles. The maximum absolute atomic E-state index is 11.1. The van der Waals surface area contributed by atoms with Gasteiger partial charge in [0.1, 0.15) is 0 Å². The molecule has 1 atom stereocenters. The maximum atomic E-state index is 11.1. The second-order valence-corrected chi connectivity index (χ2v) is 5.36. The average molecular weight is 317 g/mol. The molecule has 2 aliphatic rings. The van der Waals surface area contributed by atoms with E-state index in [1.807, 2.05) is 0 Å². The summed E-state index contributed by atoms with van der Waals surface area (Å²) in [4.78, 5) is 22.0. The molecule has 2 rings (SSSR count). The predicted octanol–water partition coefficient (Wildman–Crippen LogP) is 3.43. The number of nitriles is 1. The molecule has 0 heterocycles. The molecule has 0 bridgehead atoms. The number of ether oxygens (including phenoxy) is 2. The Hall–Kier alpha value is -2.35. The Morgan fingerprint density at radius 1 is 1.13 bits per heavy atom. The molecule has 0 spiro atoms. The molecule has 0 N–H and O–H groups in total. The van der Waals surface area contributed by atoms with Crippen LogP contribution in [0.3, 0.4) is 0 Å². The van der Waals surface area contributed by atoms with Gasteiger partial charge in [-0.2, -0.15) is 5.26 Å². The Balaban J connectivity index is 0.000000248. The van der Waals surface area contributed by atoms with Gasteiger partial charge in [-0.25, -0.2) is 0 Å². The molecule has 0 aliphatic heterocycles. The quantitative estimate of drug-likeness (QED) is 0.763. The second-order valence-electron chi connectivity index (χ2n) is 5.36. The van der Waals surface area contributed by atoms with Gasteiger partial charge in [0, 0.05) is 0 Å². The van der Waals surface area contributed by atoms with E-state index in [0.717, 1.165) is 5.92 Å². The largest absolute Gasteiger partial charge is 0.466 e. The number of nitrogens with zero attached hydrogens (tertiary/aromatic N) is 1. The first-order chi connectivity index (χ1) is 11.0. The molecule has 0 radical (unpaired) electrons. The summed E-state index contributed by atoms with van der Waals surface area (Å²) in [6, 6.07) is 8.22. The zero-order valence-electron chi connectivity index (χ0n) is 14.1. The van der Waals surface area contributed by atoms with E-state index in [1.54, 1.807) is 25.5 Å². The third-order valence-corrected chi connectivity index (χ3v) is 3.31. The number of hydrogen-bond donors (Lipinski definition) is 0. The molecule has 0 aromatic rings. The number of fused-ring (bicyclic) bond motifs is 1. The predicted molar refractivity (Wildman–Crippen MR) is 86.5 cm³/mol. The van der Waals surface area contributed by atoms with E-state index >= 15 is 0 Å². The minimum Gasteiger partial charge on any atom is -0.466 e. The van der Waals surface area contributed by atoms with Crippen LogP contribution in [0.2, 0.25) is 0 Å². The molecule has 0 amide bonds. The molecule has 1 unspecified atom stereocenters. The van der Waals surface area contributed by atoms with Gasteiger partial charge in [0.15, 0.2) is 5.92 Å². The molecule has 23 heavy (non-hydrogen) atoms. The van der Waals surface area contributed by atoms with Crippen LogP contribution in [0.25, 0.3) is 11.1 Å². The van der Waals surface area contributed by atoms with Gasteiger partial charge < -0.3 is 9.47 Å². The first-order valence-corrected chi connectivity index (χ1v) is 7.81. The van der Waals surface area contributed by atoms with Crippen molar-refractivity contribution in [2.24, 2.45) is 5.92 Å². The molecule has 124 valence electrons. The van der Waals surface area contributed by atoms with Crippen LogP contribution in [0.5, 0.6) is 0 Å². The monoisotopic (exact) mass is 317 g/mol. The van der Waals surface area contributed by atoms with Crippen molar-refractivity contribution >= 4 is 11.9 Å². The van der Waals surface area contributed by atoms with Crippen molar-refractivity contribution in [2.75, 3.05) is 13.2 Å². The first-order valence-electron chi connectivity index (χ1n) is 7.81. The molecule has 0 fully saturated rings. The number of benzene rings is 1. The standard InChI is InChI=1S/C9H13NO4.C9H10/c1-3-13-8(11)5-7(6-10)9(12)14-4-2;1-6(2)9-7-4-3-5-8(7)9/h7H,3-5H2,1-2H3;3-6H,1-2H3. The minimum atomic E-state index is -1.06. The van der Waals surface area contributed by atoms with Gasteiger partial charge in [-0.15, -0.1) is 0 Å². The summed E-state index contributed by atoms with van der Waals surface area (Å²) in [5.41, 5.74) is 4.59. The van der Waals surface area contributed by atoms with Crippen molar-refractivity contribution in [2.45, 2.75) is 40.0 Å². The fraction of sp³-hybridized carbons (Fsp3) is 0.500. The lowest BCUT2D eigenvalue weighted by Crippen LogP contribution is -2.20. The summed E-state index contributed by atoms with van der Waals surface area (Å²) in [7, 11) is 0. The summed E-state index contributed by atoms with van der Waals surface area (Å²) in [6.45, 7) is 8.21. The van der Waals surface area contributed by atoms with Crippen molar-refractivity contribution in [1.29, 1.82) is 5.26 Å². The van der Waals surface area contributed by atoms with Crippen LogP contribution in [0.4, 0.5) is 0 Å². The van der Waals surface area contributed by atoms with E-state index in [-0.39, 0.29) is 19.6 Å². The Morgan fingerprint density at radius 3 is 2.09 bits per heavy atom. The van der Waals surface area contributed by atoms with E-state index in [2.05, 4.69) is 41.5 Å². The molecular formula is C18H23NO4. The Morgan fingerprint density at radius 2 is 1.70 bits per heavy atom. The number of carbonyl (C=O) groups is 2. The van der Waals surface area contributed by atoms with Crippen molar-refractivity contribution in [1.82, 2.24) is 0 Å². The van der Waals surface area contributed by atoms with Crippen LogP contribution < -0.4 is 0 Å². The maximum Gasteiger partial charge on any atom is 0.323 e. The fourth-order valence-corrected chi connectivity index (χ4v) is 2.27. The SMILES string of the molecule is CC(C)c1c2cccc1-2.CCOC(=O)CC(C#N)C(=O)OCC. The van der Waals surface area contributed by atoms with Gasteiger partial charge >= 0.3 is 11.9 Å². The summed E-state index contributed by atoms with van der Waals surface area (Å²) < 4.78 is 9.21. The van der Waals surface area contributed by atoms with Crippen LogP contribution in [-0.4, -0.2) is 25.2 Å². The Bertz CT molecular complexity index is 581. The highest BCUT2D eigenvalue weighted by atomic mass is 16.5. The van der Waals surface area contributed by atoms with Gasteiger partial charge in [0.2, 0.25) is 0 Å². The highest BCUT2D eigenvalue weighted by molar-refractivity contribution is 5.90. The van der Waals surface area contributed by atoms with E-state index in [0.29, 0.717) is 0 Å². The highest BCUT2D eigenvalue weighted by Gasteiger charge is 2.25. The average Bonchev–Trinajstić information content (AvgIpc) is 3.00. The normalized spacial score (nSPS) is 11.7. The number of esters is 2. The van der Waals surface area contributed by atoms with Crippen LogP contribution in [0.15, 0.2) is 18.2 Å². The van der Waals surface area contributed by atoms with Crippen LogP contribution in [0.1, 0.15) is 45.6 Å². The topological polar surface area (TPSA) is 76.4 Å². The summed E-state index contributed by atoms with van der Waals surface area (Å²) in [5, 5.41) is 8.58. The molecule has 2 aliphatic carbocycles. The van der Waals surface area contributed by atoms with Gasteiger partial charge in [-0.3, -0.25) is 9.59 Å². The van der Waals surface area contributed by atoms with Gasteiger partial charge in [0.25, 0.3) is 0 Å². The van der Waals surface area contributed by atoms with Crippen LogP contribution >= 0.6 is 0 Å². The molecular weight excluding hydrogens is 294 g/mol. The molecule has 0 aromatic carbocycles. The summed E-state index contributed by atoms with van der Waals surface area (Å²) in [6.07, 6.45) is -0.247. The molecule has 5 nitrogen and oxygen atoms in total. The zero-order valence-corrected chi connectivity index (χ0v) is 14.1. The number of carbonyl (C=O) groups excluding carboxylic acids is 2. The van der Waals surface area contributed by atoms with Gasteiger partial charge in [0.05, 0.1) is 25.7 Å². The van der Waals surface area contributed by atoms with Crippen LogP contribution in [0, 0.1) is 17.2 Å². The first kappa shape index (κ1) is 18.7. The number of rotatable bonds is 6. The minimum absolute atomic E-state index is 0.194. The Kier molecular flexibility index (Phi) is 7.27. The molecule has 0 saturated carbocycles. The summed E-state index contributed by atoms with van der Waals surface area (Å²) >= 11 is 0. The third kappa shape index (κ3) is 5.41. The lowest BCUT2D eigenvalue weighted by atomic mass is 10.1. The highest BCUT2D eigenvalue weighted by Crippen LogP contribution is 2.47. The van der Waals surface area contributed by atoms with Crippen molar-refractivity contribution in [3.63, 3.8) is 0 Å². The summed E-state index contributed by atoms with van der Waals surface area (Å²) in [5.74, 6) is -1.57. The van der Waals surface area contributed by atoms with Crippen molar-refractivity contribution in [3.8, 4) is 17.2 Å². The van der Waals surface area contributed by atoms with E-state index < -0.39 is 17.9 Å². The van der Waals surface area contributed by atoms with Crippen LogP contribution in [-0.2, 0) is 19.1 Å². The number of hydrogen-bond acceptors (Lipinski definition) is 5. The lowest BCUT2D eigenvalue weighted by molar-refractivity contribution is -0.152. The van der Waals surface area contributed by atoms with E-state index in [4.69, 9.17) is 5.26 Å². The second kappa shape index (κ2) is 8.94. The van der Waals surface area contributed by atoms with Crippen molar-refractivity contribution in [3.05, 3.63) is 23.8 Å². The molecule has 5 heteroatoms. The van der Waals surface area contributed by atoms with E-state index in [9.17, 15) is 9.59 Å². The lowest BCUT2D eigenvalue weighted by Gasteiger charge is -2.07. The fourth-order valence-electron chi connectivity index (χ4n) is 2.27.